The molecule has 3 atom stereocenters. The molecule has 158 valence electrons. The Hall–Kier alpha value is -1.77. The SMILES string of the molecule is CC1CN(C(C)CNC(=O)CCCN2C(=O)c3ccc(Br)cc3C2=O)CC(C)O1. The fourth-order valence-electron chi connectivity index (χ4n) is 3.92. The van der Waals surface area contributed by atoms with Gasteiger partial charge in [0, 0.05) is 43.1 Å². The molecule has 7 nitrogen and oxygen atoms in total. The van der Waals surface area contributed by atoms with Crippen LogP contribution in [0.25, 0.3) is 0 Å². The van der Waals surface area contributed by atoms with Crippen molar-refractivity contribution < 1.29 is 19.1 Å². The van der Waals surface area contributed by atoms with Crippen molar-refractivity contribution in [3.8, 4) is 0 Å². The Morgan fingerprint density at radius 3 is 2.55 bits per heavy atom. The smallest absolute Gasteiger partial charge is 0.261 e. The molecule has 0 aromatic heterocycles. The van der Waals surface area contributed by atoms with E-state index in [0.717, 1.165) is 17.6 Å². The predicted octanol–water partition coefficient (Wildman–Crippen LogP) is 2.44. The first-order valence-electron chi connectivity index (χ1n) is 10.1. The Morgan fingerprint density at radius 1 is 1.21 bits per heavy atom. The van der Waals surface area contributed by atoms with E-state index < -0.39 is 0 Å². The van der Waals surface area contributed by atoms with Crippen LogP contribution >= 0.6 is 15.9 Å². The molecule has 1 fully saturated rings. The molecule has 3 amide bonds. The minimum Gasteiger partial charge on any atom is -0.373 e. The van der Waals surface area contributed by atoms with Gasteiger partial charge in [-0.15, -0.1) is 0 Å². The van der Waals surface area contributed by atoms with Gasteiger partial charge in [-0.2, -0.15) is 0 Å². The van der Waals surface area contributed by atoms with Gasteiger partial charge in [0.15, 0.2) is 0 Å². The molecular formula is C21H28BrN3O4. The fourth-order valence-corrected chi connectivity index (χ4v) is 4.28. The molecule has 0 spiro atoms. The molecule has 8 heteroatoms. The average molecular weight is 466 g/mol. The normalized spacial score (nSPS) is 23.2. The number of hydrogen-bond donors (Lipinski definition) is 1. The molecule has 0 bridgehead atoms. The van der Waals surface area contributed by atoms with Gasteiger partial charge in [-0.25, -0.2) is 0 Å². The number of fused-ring (bicyclic) bond motifs is 1. The summed E-state index contributed by atoms with van der Waals surface area (Å²) in [6, 6.07) is 5.29. The summed E-state index contributed by atoms with van der Waals surface area (Å²) in [6.45, 7) is 8.75. The van der Waals surface area contributed by atoms with Gasteiger partial charge in [-0.3, -0.25) is 24.2 Å². The third-order valence-corrected chi connectivity index (χ3v) is 5.88. The highest BCUT2D eigenvalue weighted by molar-refractivity contribution is 9.10. The van der Waals surface area contributed by atoms with Crippen molar-refractivity contribution in [2.24, 2.45) is 0 Å². The zero-order chi connectivity index (χ0) is 21.1. The molecule has 1 N–H and O–H groups in total. The summed E-state index contributed by atoms with van der Waals surface area (Å²) in [7, 11) is 0. The summed E-state index contributed by atoms with van der Waals surface area (Å²) in [4.78, 5) is 40.6. The molecule has 29 heavy (non-hydrogen) atoms. The number of carbonyl (C=O) groups excluding carboxylic acids is 3. The topological polar surface area (TPSA) is 79.0 Å². The number of rotatable bonds is 7. The van der Waals surface area contributed by atoms with Crippen LogP contribution in [-0.4, -0.2) is 72.0 Å². The summed E-state index contributed by atoms with van der Waals surface area (Å²) >= 11 is 3.32. The molecule has 2 heterocycles. The van der Waals surface area contributed by atoms with Gasteiger partial charge in [0.25, 0.3) is 11.8 Å². The van der Waals surface area contributed by atoms with Gasteiger partial charge in [0.2, 0.25) is 5.91 Å². The molecule has 0 saturated carbocycles. The Bertz CT molecular complexity index is 790. The van der Waals surface area contributed by atoms with Crippen molar-refractivity contribution in [2.75, 3.05) is 26.2 Å². The second-order valence-electron chi connectivity index (χ2n) is 7.92. The Balaban J connectivity index is 1.41. The zero-order valence-corrected chi connectivity index (χ0v) is 18.7. The van der Waals surface area contributed by atoms with E-state index in [2.05, 4.69) is 46.9 Å². The maximum absolute atomic E-state index is 12.4. The number of nitrogens with one attached hydrogen (secondary N) is 1. The van der Waals surface area contributed by atoms with Crippen molar-refractivity contribution in [1.82, 2.24) is 15.1 Å². The first-order chi connectivity index (χ1) is 13.8. The molecule has 1 aromatic rings. The van der Waals surface area contributed by atoms with Crippen molar-refractivity contribution >= 4 is 33.7 Å². The van der Waals surface area contributed by atoms with E-state index in [1.807, 2.05) is 0 Å². The highest BCUT2D eigenvalue weighted by Crippen LogP contribution is 2.26. The maximum Gasteiger partial charge on any atom is 0.261 e. The summed E-state index contributed by atoms with van der Waals surface area (Å²) in [5.74, 6) is -0.650. The van der Waals surface area contributed by atoms with Gasteiger partial charge in [0.05, 0.1) is 23.3 Å². The molecule has 1 saturated heterocycles. The van der Waals surface area contributed by atoms with Crippen molar-refractivity contribution in [1.29, 1.82) is 0 Å². The third-order valence-electron chi connectivity index (χ3n) is 5.38. The van der Waals surface area contributed by atoms with Crippen LogP contribution in [0.5, 0.6) is 0 Å². The number of carbonyl (C=O) groups is 3. The number of benzene rings is 1. The Morgan fingerprint density at radius 2 is 1.86 bits per heavy atom. The van der Waals surface area contributed by atoms with Gasteiger partial charge in [0.1, 0.15) is 0 Å². The van der Waals surface area contributed by atoms with E-state index in [4.69, 9.17) is 4.74 Å². The highest BCUT2D eigenvalue weighted by atomic mass is 79.9. The van der Waals surface area contributed by atoms with Crippen molar-refractivity contribution in [2.45, 2.75) is 51.9 Å². The quantitative estimate of drug-likeness (QED) is 0.625. The van der Waals surface area contributed by atoms with Crippen LogP contribution in [0.1, 0.15) is 54.3 Å². The minimum absolute atomic E-state index is 0.0643. The first kappa shape index (κ1) is 21.9. The number of morpholine rings is 1. The van der Waals surface area contributed by atoms with Crippen LogP contribution in [0.2, 0.25) is 0 Å². The van der Waals surface area contributed by atoms with Gasteiger partial charge >= 0.3 is 0 Å². The minimum atomic E-state index is -0.295. The second kappa shape index (κ2) is 9.36. The van der Waals surface area contributed by atoms with Gasteiger partial charge in [-0.1, -0.05) is 15.9 Å². The van der Waals surface area contributed by atoms with Crippen LogP contribution in [0.15, 0.2) is 22.7 Å². The van der Waals surface area contributed by atoms with Gasteiger partial charge in [-0.05, 0) is 45.4 Å². The number of halogens is 1. The van der Waals surface area contributed by atoms with E-state index in [0.29, 0.717) is 24.1 Å². The molecule has 0 aliphatic carbocycles. The van der Waals surface area contributed by atoms with E-state index in [9.17, 15) is 14.4 Å². The lowest BCUT2D eigenvalue weighted by Crippen LogP contribution is -2.52. The number of nitrogens with zero attached hydrogens (tertiary/aromatic N) is 2. The molecule has 2 aliphatic rings. The third kappa shape index (κ3) is 5.24. The lowest BCUT2D eigenvalue weighted by atomic mass is 10.1. The number of ether oxygens (including phenoxy) is 1. The molecule has 3 rings (SSSR count). The highest BCUT2D eigenvalue weighted by Gasteiger charge is 2.35. The number of hydrogen-bond acceptors (Lipinski definition) is 5. The van der Waals surface area contributed by atoms with E-state index >= 15 is 0 Å². The van der Waals surface area contributed by atoms with Crippen LogP contribution in [0, 0.1) is 0 Å². The maximum atomic E-state index is 12.4. The van der Waals surface area contributed by atoms with Crippen LogP contribution in [-0.2, 0) is 9.53 Å². The Labute approximate surface area is 179 Å². The molecule has 0 radical (unpaired) electrons. The van der Waals surface area contributed by atoms with Crippen molar-refractivity contribution in [3.05, 3.63) is 33.8 Å². The summed E-state index contributed by atoms with van der Waals surface area (Å²) in [6.07, 6.45) is 1.10. The number of amides is 3. The lowest BCUT2D eigenvalue weighted by Gasteiger charge is -2.39. The van der Waals surface area contributed by atoms with Crippen LogP contribution in [0.3, 0.4) is 0 Å². The summed E-state index contributed by atoms with van der Waals surface area (Å²) in [5.41, 5.74) is 0.835. The monoisotopic (exact) mass is 465 g/mol. The molecule has 3 unspecified atom stereocenters. The van der Waals surface area contributed by atoms with E-state index in [1.165, 1.54) is 4.90 Å². The summed E-state index contributed by atoms with van der Waals surface area (Å²) in [5, 5.41) is 2.97. The van der Waals surface area contributed by atoms with Crippen LogP contribution in [0.4, 0.5) is 0 Å². The first-order valence-corrected chi connectivity index (χ1v) is 10.9. The predicted molar refractivity (Wildman–Crippen MR) is 113 cm³/mol. The summed E-state index contributed by atoms with van der Waals surface area (Å²) < 4.78 is 6.51. The molecular weight excluding hydrogens is 438 g/mol. The van der Waals surface area contributed by atoms with E-state index in [1.54, 1.807) is 18.2 Å². The second-order valence-corrected chi connectivity index (χ2v) is 8.84. The Kier molecular flexibility index (Phi) is 7.08. The zero-order valence-electron chi connectivity index (χ0n) is 17.1. The van der Waals surface area contributed by atoms with E-state index in [-0.39, 0.29) is 48.9 Å². The fraction of sp³-hybridized carbons (Fsp3) is 0.571. The molecule has 1 aromatic carbocycles. The lowest BCUT2D eigenvalue weighted by molar-refractivity contribution is -0.121. The van der Waals surface area contributed by atoms with Crippen molar-refractivity contribution in [3.63, 3.8) is 0 Å². The van der Waals surface area contributed by atoms with Crippen LogP contribution < -0.4 is 5.32 Å². The largest absolute Gasteiger partial charge is 0.373 e. The standard InChI is InChI=1S/C21H28BrN3O4/c1-13(24-11-14(2)29-15(3)12-24)10-23-19(26)5-4-8-25-20(27)17-7-6-16(22)9-18(17)21(25)28/h6-7,9,13-15H,4-5,8,10-12H2,1-3H3,(H,23,26). The van der Waals surface area contributed by atoms with Gasteiger partial charge < -0.3 is 10.1 Å². The molecule has 2 aliphatic heterocycles. The number of imide groups is 1. The average Bonchev–Trinajstić information content (AvgIpc) is 2.89.